The number of carbonyl (C=O) groups is 1. The first-order valence-electron chi connectivity index (χ1n) is 5.81. The molecule has 1 aliphatic rings. The van der Waals surface area contributed by atoms with Crippen LogP contribution in [-0.2, 0) is 4.79 Å². The minimum Gasteiger partial charge on any atom is -0.298 e. The van der Waals surface area contributed by atoms with Crippen LogP contribution in [0, 0.1) is 23.2 Å². The zero-order chi connectivity index (χ0) is 12.2. The first-order chi connectivity index (χ1) is 7.50. The van der Waals surface area contributed by atoms with Gasteiger partial charge in [0.05, 0.1) is 6.07 Å². The van der Waals surface area contributed by atoms with E-state index in [0.717, 1.165) is 6.42 Å². The summed E-state index contributed by atoms with van der Waals surface area (Å²) in [6.45, 7) is 1.91. The van der Waals surface area contributed by atoms with Gasteiger partial charge in [-0.2, -0.15) is 5.26 Å². The number of halogens is 2. The molecule has 0 bridgehead atoms. The Labute approximate surface area is 94.6 Å². The van der Waals surface area contributed by atoms with E-state index in [1.54, 1.807) is 0 Å². The highest BCUT2D eigenvalue weighted by Crippen LogP contribution is 2.37. The SMILES string of the molecule is CCCC(C#N)C(=O)C1CCC(F)(F)CC1. The monoisotopic (exact) mass is 229 g/mol. The molecule has 0 radical (unpaired) electrons. The quantitative estimate of drug-likeness (QED) is 0.742. The summed E-state index contributed by atoms with van der Waals surface area (Å²) in [5, 5.41) is 8.84. The lowest BCUT2D eigenvalue weighted by Crippen LogP contribution is -2.31. The van der Waals surface area contributed by atoms with Gasteiger partial charge in [-0.15, -0.1) is 0 Å². The molecular formula is C12H17F2NO. The molecule has 0 heterocycles. The minimum atomic E-state index is -2.61. The molecule has 4 heteroatoms. The lowest BCUT2D eigenvalue weighted by molar-refractivity contribution is -0.129. The van der Waals surface area contributed by atoms with Gasteiger partial charge in [-0.3, -0.25) is 4.79 Å². The molecule has 1 fully saturated rings. The van der Waals surface area contributed by atoms with Crippen molar-refractivity contribution in [3.8, 4) is 6.07 Å². The van der Waals surface area contributed by atoms with E-state index in [9.17, 15) is 13.6 Å². The zero-order valence-corrected chi connectivity index (χ0v) is 9.51. The normalized spacial score (nSPS) is 22.4. The lowest BCUT2D eigenvalue weighted by Gasteiger charge is -2.28. The van der Waals surface area contributed by atoms with Crippen molar-refractivity contribution in [2.45, 2.75) is 51.4 Å². The lowest BCUT2D eigenvalue weighted by atomic mass is 9.79. The van der Waals surface area contributed by atoms with Gasteiger partial charge >= 0.3 is 0 Å². The number of ketones is 1. The van der Waals surface area contributed by atoms with Crippen molar-refractivity contribution in [2.75, 3.05) is 0 Å². The average molecular weight is 229 g/mol. The Hall–Kier alpha value is -0.980. The molecule has 0 aromatic heterocycles. The maximum absolute atomic E-state index is 12.9. The van der Waals surface area contributed by atoms with Gasteiger partial charge in [0, 0.05) is 18.8 Å². The average Bonchev–Trinajstić information content (AvgIpc) is 2.25. The number of hydrogen-bond donors (Lipinski definition) is 0. The molecule has 0 aromatic carbocycles. The Bertz CT molecular complexity index is 286. The number of nitrogens with zero attached hydrogens (tertiary/aromatic N) is 1. The van der Waals surface area contributed by atoms with Crippen LogP contribution in [0.3, 0.4) is 0 Å². The van der Waals surface area contributed by atoms with Crippen LogP contribution in [-0.4, -0.2) is 11.7 Å². The first-order valence-corrected chi connectivity index (χ1v) is 5.81. The number of hydrogen-bond acceptors (Lipinski definition) is 2. The predicted octanol–water partition coefficient (Wildman–Crippen LogP) is 3.32. The highest BCUT2D eigenvalue weighted by atomic mass is 19.3. The van der Waals surface area contributed by atoms with Crippen LogP contribution in [0.15, 0.2) is 0 Å². The fourth-order valence-corrected chi connectivity index (χ4v) is 2.17. The topological polar surface area (TPSA) is 40.9 Å². The van der Waals surface area contributed by atoms with Gasteiger partial charge in [0.1, 0.15) is 5.92 Å². The summed E-state index contributed by atoms with van der Waals surface area (Å²) >= 11 is 0. The maximum atomic E-state index is 12.9. The molecular weight excluding hydrogens is 212 g/mol. The van der Waals surface area contributed by atoms with Gasteiger partial charge in [0.2, 0.25) is 5.92 Å². The van der Waals surface area contributed by atoms with Gasteiger partial charge in [-0.1, -0.05) is 13.3 Å². The Morgan fingerprint density at radius 2 is 2.06 bits per heavy atom. The van der Waals surface area contributed by atoms with Gasteiger partial charge in [0.25, 0.3) is 0 Å². The first kappa shape index (κ1) is 13.1. The van der Waals surface area contributed by atoms with E-state index in [2.05, 4.69) is 0 Å². The number of Topliss-reactive ketones (excluding diaryl/α,β-unsaturated/α-hetero) is 1. The van der Waals surface area contributed by atoms with E-state index in [1.165, 1.54) is 0 Å². The Balaban J connectivity index is 2.53. The van der Waals surface area contributed by atoms with Gasteiger partial charge in [-0.25, -0.2) is 8.78 Å². The van der Waals surface area contributed by atoms with E-state index in [4.69, 9.17) is 5.26 Å². The second-order valence-electron chi connectivity index (χ2n) is 4.50. The number of nitriles is 1. The van der Waals surface area contributed by atoms with Crippen molar-refractivity contribution >= 4 is 5.78 Å². The predicted molar refractivity (Wildman–Crippen MR) is 55.9 cm³/mol. The van der Waals surface area contributed by atoms with Crippen molar-refractivity contribution in [3.63, 3.8) is 0 Å². The van der Waals surface area contributed by atoms with Crippen LogP contribution in [0.2, 0.25) is 0 Å². The van der Waals surface area contributed by atoms with E-state index in [-0.39, 0.29) is 37.4 Å². The highest BCUT2D eigenvalue weighted by Gasteiger charge is 2.38. The number of alkyl halides is 2. The number of carbonyl (C=O) groups excluding carboxylic acids is 1. The molecule has 1 rings (SSSR count). The van der Waals surface area contributed by atoms with Crippen LogP contribution < -0.4 is 0 Å². The summed E-state index contributed by atoms with van der Waals surface area (Å²) in [5.41, 5.74) is 0. The summed E-state index contributed by atoms with van der Waals surface area (Å²) in [7, 11) is 0. The zero-order valence-electron chi connectivity index (χ0n) is 9.51. The molecule has 0 N–H and O–H groups in total. The second kappa shape index (κ2) is 5.38. The van der Waals surface area contributed by atoms with Crippen molar-refractivity contribution in [2.24, 2.45) is 11.8 Å². The van der Waals surface area contributed by atoms with E-state index >= 15 is 0 Å². The molecule has 1 atom stereocenters. The molecule has 1 saturated carbocycles. The van der Waals surface area contributed by atoms with Crippen molar-refractivity contribution in [3.05, 3.63) is 0 Å². The van der Waals surface area contributed by atoms with E-state index < -0.39 is 11.8 Å². The van der Waals surface area contributed by atoms with Crippen LogP contribution in [0.5, 0.6) is 0 Å². The summed E-state index contributed by atoms with van der Waals surface area (Å²) < 4.78 is 25.8. The Morgan fingerprint density at radius 3 is 2.50 bits per heavy atom. The van der Waals surface area contributed by atoms with E-state index in [1.807, 2.05) is 13.0 Å². The summed E-state index contributed by atoms with van der Waals surface area (Å²) in [6, 6.07) is 1.98. The standard InChI is InChI=1S/C12H17F2NO/c1-2-3-10(8-15)11(16)9-4-6-12(13,14)7-5-9/h9-10H,2-7H2,1H3. The molecule has 16 heavy (non-hydrogen) atoms. The minimum absolute atomic E-state index is 0.125. The smallest absolute Gasteiger partial charge is 0.248 e. The van der Waals surface area contributed by atoms with Crippen molar-refractivity contribution in [1.82, 2.24) is 0 Å². The van der Waals surface area contributed by atoms with Crippen LogP contribution in [0.25, 0.3) is 0 Å². The van der Waals surface area contributed by atoms with Crippen LogP contribution in [0.1, 0.15) is 45.4 Å². The number of rotatable bonds is 4. The second-order valence-corrected chi connectivity index (χ2v) is 4.50. The van der Waals surface area contributed by atoms with E-state index in [0.29, 0.717) is 6.42 Å². The molecule has 0 aromatic rings. The third kappa shape index (κ3) is 3.26. The van der Waals surface area contributed by atoms with Crippen LogP contribution >= 0.6 is 0 Å². The van der Waals surface area contributed by atoms with Crippen LogP contribution in [0.4, 0.5) is 8.78 Å². The summed E-state index contributed by atoms with van der Waals surface area (Å²) in [4.78, 5) is 11.9. The third-order valence-electron chi connectivity index (χ3n) is 3.20. The summed E-state index contributed by atoms with van der Waals surface area (Å²) in [6.07, 6.45) is 1.35. The van der Waals surface area contributed by atoms with Gasteiger partial charge in [-0.05, 0) is 19.3 Å². The molecule has 0 spiro atoms. The summed E-state index contributed by atoms with van der Waals surface area (Å²) in [5.74, 6) is -3.65. The molecule has 1 unspecified atom stereocenters. The molecule has 0 saturated heterocycles. The molecule has 0 amide bonds. The van der Waals surface area contributed by atoms with Gasteiger partial charge in [0.15, 0.2) is 5.78 Å². The Morgan fingerprint density at radius 1 is 1.50 bits per heavy atom. The molecule has 90 valence electrons. The Kier molecular flexibility index (Phi) is 4.40. The molecule has 2 nitrogen and oxygen atoms in total. The van der Waals surface area contributed by atoms with Gasteiger partial charge < -0.3 is 0 Å². The fourth-order valence-electron chi connectivity index (χ4n) is 2.17. The molecule has 0 aliphatic heterocycles. The van der Waals surface area contributed by atoms with Crippen molar-refractivity contribution < 1.29 is 13.6 Å². The fraction of sp³-hybridized carbons (Fsp3) is 0.833. The third-order valence-corrected chi connectivity index (χ3v) is 3.20. The largest absolute Gasteiger partial charge is 0.298 e. The highest BCUT2D eigenvalue weighted by molar-refractivity contribution is 5.85. The molecule has 1 aliphatic carbocycles. The van der Waals surface area contributed by atoms with Crippen molar-refractivity contribution in [1.29, 1.82) is 5.26 Å². The maximum Gasteiger partial charge on any atom is 0.248 e.